The number of hydrogen-bond donors (Lipinski definition) is 1. The second kappa shape index (κ2) is 4.79. The number of hydrogen-bond acceptors (Lipinski definition) is 5. The SMILES string of the molecule is CC1CC(O)(CC(=O)OC(C)(C)C)OC(C)(C)O1. The smallest absolute Gasteiger partial charge is 0.311 e. The van der Waals surface area contributed by atoms with Crippen molar-refractivity contribution in [2.24, 2.45) is 0 Å². The number of aliphatic hydroxyl groups is 1. The Kier molecular flexibility index (Phi) is 4.10. The van der Waals surface area contributed by atoms with Gasteiger partial charge in [-0.05, 0) is 41.5 Å². The molecule has 0 bridgehead atoms. The van der Waals surface area contributed by atoms with Gasteiger partial charge in [-0.2, -0.15) is 0 Å². The average Bonchev–Trinajstić information content (AvgIpc) is 1.90. The largest absolute Gasteiger partial charge is 0.460 e. The quantitative estimate of drug-likeness (QED) is 0.769. The third-order valence-electron chi connectivity index (χ3n) is 2.37. The molecule has 1 aliphatic rings. The molecule has 1 fully saturated rings. The van der Waals surface area contributed by atoms with E-state index in [0.717, 1.165) is 0 Å². The molecule has 2 unspecified atom stereocenters. The summed E-state index contributed by atoms with van der Waals surface area (Å²) in [6, 6.07) is 0. The first-order valence-electron chi connectivity index (χ1n) is 6.23. The van der Waals surface area contributed by atoms with Crippen LogP contribution in [-0.2, 0) is 19.0 Å². The number of rotatable bonds is 2. The molecule has 1 rings (SSSR count). The lowest BCUT2D eigenvalue weighted by atomic mass is 10.0. The Bertz CT molecular complexity index is 318. The second-order valence-corrected chi connectivity index (χ2v) is 6.34. The molecule has 18 heavy (non-hydrogen) atoms. The maximum atomic E-state index is 11.7. The minimum absolute atomic E-state index is 0.179. The zero-order chi connectivity index (χ0) is 14.2. The van der Waals surface area contributed by atoms with Crippen molar-refractivity contribution in [2.75, 3.05) is 0 Å². The summed E-state index contributed by atoms with van der Waals surface area (Å²) in [7, 11) is 0. The van der Waals surface area contributed by atoms with Gasteiger partial charge in [0.2, 0.25) is 0 Å². The summed E-state index contributed by atoms with van der Waals surface area (Å²) in [5.74, 6) is -2.91. The van der Waals surface area contributed by atoms with Crippen LogP contribution in [0.25, 0.3) is 0 Å². The van der Waals surface area contributed by atoms with Gasteiger partial charge in [-0.15, -0.1) is 0 Å². The molecular formula is C13H24O5. The van der Waals surface area contributed by atoms with E-state index in [9.17, 15) is 9.90 Å². The Hall–Kier alpha value is -0.650. The van der Waals surface area contributed by atoms with Crippen LogP contribution in [0.2, 0.25) is 0 Å². The second-order valence-electron chi connectivity index (χ2n) is 6.34. The molecule has 106 valence electrons. The van der Waals surface area contributed by atoms with Crippen molar-refractivity contribution in [1.29, 1.82) is 0 Å². The standard InChI is InChI=1S/C13H24O5/c1-9-7-13(15,18-12(5,6)16-9)8-10(14)17-11(2,3)4/h9,15H,7-8H2,1-6H3. The Balaban J connectivity index is 2.67. The molecular weight excluding hydrogens is 236 g/mol. The van der Waals surface area contributed by atoms with Gasteiger partial charge in [0.05, 0.1) is 12.5 Å². The van der Waals surface area contributed by atoms with Crippen LogP contribution < -0.4 is 0 Å². The fraction of sp³-hybridized carbons (Fsp3) is 0.923. The predicted molar refractivity (Wildman–Crippen MR) is 65.7 cm³/mol. The highest BCUT2D eigenvalue weighted by atomic mass is 16.8. The monoisotopic (exact) mass is 260 g/mol. The molecule has 5 heteroatoms. The molecule has 0 aromatic carbocycles. The molecule has 0 aromatic rings. The van der Waals surface area contributed by atoms with E-state index in [1.165, 1.54) is 0 Å². The lowest BCUT2D eigenvalue weighted by Crippen LogP contribution is -2.53. The molecule has 1 aliphatic heterocycles. The van der Waals surface area contributed by atoms with Crippen molar-refractivity contribution in [1.82, 2.24) is 0 Å². The number of carbonyl (C=O) groups excluding carboxylic acids is 1. The maximum Gasteiger partial charge on any atom is 0.311 e. The average molecular weight is 260 g/mol. The highest BCUT2D eigenvalue weighted by Gasteiger charge is 2.45. The summed E-state index contributed by atoms with van der Waals surface area (Å²) < 4.78 is 16.2. The maximum absolute atomic E-state index is 11.7. The predicted octanol–water partition coefficient (Wildman–Crippen LogP) is 1.97. The molecule has 0 aliphatic carbocycles. The van der Waals surface area contributed by atoms with E-state index in [0.29, 0.717) is 0 Å². The molecule has 0 radical (unpaired) electrons. The summed E-state index contributed by atoms with van der Waals surface area (Å²) in [5.41, 5.74) is -0.570. The highest BCUT2D eigenvalue weighted by molar-refractivity contribution is 5.70. The summed E-state index contributed by atoms with van der Waals surface area (Å²) in [6.07, 6.45) is -0.127. The zero-order valence-electron chi connectivity index (χ0n) is 12.1. The van der Waals surface area contributed by atoms with E-state index in [2.05, 4.69) is 0 Å². The van der Waals surface area contributed by atoms with Gasteiger partial charge in [0.1, 0.15) is 5.60 Å². The van der Waals surface area contributed by atoms with Gasteiger partial charge in [-0.1, -0.05) is 0 Å². The minimum atomic E-state index is -1.52. The van der Waals surface area contributed by atoms with Crippen molar-refractivity contribution in [2.45, 2.75) is 77.7 Å². The van der Waals surface area contributed by atoms with Crippen LogP contribution in [0, 0.1) is 0 Å². The van der Waals surface area contributed by atoms with Crippen LogP contribution in [-0.4, -0.2) is 34.4 Å². The van der Waals surface area contributed by atoms with Crippen molar-refractivity contribution in [3.63, 3.8) is 0 Å². The lowest BCUT2D eigenvalue weighted by Gasteiger charge is -2.44. The van der Waals surface area contributed by atoms with Gasteiger partial charge >= 0.3 is 5.97 Å². The fourth-order valence-electron chi connectivity index (χ4n) is 2.21. The van der Waals surface area contributed by atoms with Crippen LogP contribution in [0.5, 0.6) is 0 Å². The Morgan fingerprint density at radius 1 is 1.44 bits per heavy atom. The van der Waals surface area contributed by atoms with Crippen LogP contribution >= 0.6 is 0 Å². The Morgan fingerprint density at radius 3 is 2.44 bits per heavy atom. The van der Waals surface area contributed by atoms with E-state index < -0.39 is 23.1 Å². The Morgan fingerprint density at radius 2 is 2.00 bits per heavy atom. The molecule has 2 atom stereocenters. The highest BCUT2D eigenvalue weighted by Crippen LogP contribution is 2.35. The Labute approximate surface area is 108 Å². The van der Waals surface area contributed by atoms with E-state index in [1.807, 2.05) is 6.92 Å². The van der Waals surface area contributed by atoms with Crippen LogP contribution in [0.4, 0.5) is 0 Å². The van der Waals surface area contributed by atoms with Gasteiger partial charge in [-0.3, -0.25) is 4.79 Å². The van der Waals surface area contributed by atoms with Gasteiger partial charge in [-0.25, -0.2) is 0 Å². The first-order chi connectivity index (χ1) is 7.91. The third kappa shape index (κ3) is 4.92. The van der Waals surface area contributed by atoms with Crippen molar-refractivity contribution < 1.29 is 24.1 Å². The molecule has 1 heterocycles. The summed E-state index contributed by atoms with van der Waals surface area (Å²) in [4.78, 5) is 11.7. The van der Waals surface area contributed by atoms with Gasteiger partial charge in [0.15, 0.2) is 11.6 Å². The normalized spacial score (nSPS) is 32.1. The van der Waals surface area contributed by atoms with E-state index >= 15 is 0 Å². The van der Waals surface area contributed by atoms with Crippen molar-refractivity contribution in [3.8, 4) is 0 Å². The van der Waals surface area contributed by atoms with Crippen molar-refractivity contribution in [3.05, 3.63) is 0 Å². The topological polar surface area (TPSA) is 65.0 Å². The fourth-order valence-corrected chi connectivity index (χ4v) is 2.21. The van der Waals surface area contributed by atoms with E-state index in [-0.39, 0.29) is 18.9 Å². The molecule has 0 aromatic heterocycles. The van der Waals surface area contributed by atoms with E-state index in [1.54, 1.807) is 34.6 Å². The molecule has 5 nitrogen and oxygen atoms in total. The van der Waals surface area contributed by atoms with Crippen molar-refractivity contribution >= 4 is 5.97 Å². The minimum Gasteiger partial charge on any atom is -0.460 e. The van der Waals surface area contributed by atoms with Gasteiger partial charge in [0.25, 0.3) is 0 Å². The molecule has 1 N–H and O–H groups in total. The lowest BCUT2D eigenvalue weighted by molar-refractivity contribution is -0.387. The third-order valence-corrected chi connectivity index (χ3v) is 2.37. The van der Waals surface area contributed by atoms with Gasteiger partial charge < -0.3 is 19.3 Å². The number of carbonyl (C=O) groups is 1. The summed E-state index contributed by atoms with van der Waals surface area (Å²) in [5, 5.41) is 10.3. The van der Waals surface area contributed by atoms with Crippen LogP contribution in [0.3, 0.4) is 0 Å². The molecule has 0 amide bonds. The first-order valence-corrected chi connectivity index (χ1v) is 6.23. The molecule has 1 saturated heterocycles. The van der Waals surface area contributed by atoms with E-state index in [4.69, 9.17) is 14.2 Å². The van der Waals surface area contributed by atoms with Crippen LogP contribution in [0.15, 0.2) is 0 Å². The number of ether oxygens (including phenoxy) is 3. The van der Waals surface area contributed by atoms with Gasteiger partial charge in [0, 0.05) is 6.42 Å². The van der Waals surface area contributed by atoms with Crippen LogP contribution in [0.1, 0.15) is 54.4 Å². The zero-order valence-corrected chi connectivity index (χ0v) is 12.1. The molecule has 0 spiro atoms. The molecule has 0 saturated carbocycles. The summed E-state index contributed by atoms with van der Waals surface area (Å²) >= 11 is 0. The summed E-state index contributed by atoms with van der Waals surface area (Å²) in [6.45, 7) is 10.6. The first kappa shape index (κ1) is 15.4. The number of esters is 1.